The second kappa shape index (κ2) is 10.6. The van der Waals surface area contributed by atoms with Gasteiger partial charge in [-0.2, -0.15) is 0 Å². The minimum atomic E-state index is 0. The van der Waals surface area contributed by atoms with E-state index < -0.39 is 0 Å². The van der Waals surface area contributed by atoms with Gasteiger partial charge in [0.1, 0.15) is 0 Å². The highest BCUT2D eigenvalue weighted by atomic mass is 79.9. The van der Waals surface area contributed by atoms with Crippen molar-refractivity contribution in [2.75, 3.05) is 26.2 Å². The van der Waals surface area contributed by atoms with Crippen molar-refractivity contribution >= 4 is 0 Å². The molecule has 0 aliphatic rings. The van der Waals surface area contributed by atoms with Crippen LogP contribution in [0.4, 0.5) is 0 Å². The summed E-state index contributed by atoms with van der Waals surface area (Å²) in [5.74, 6) is 0.949. The van der Waals surface area contributed by atoms with Gasteiger partial charge in [0.2, 0.25) is 0 Å². The third-order valence-corrected chi connectivity index (χ3v) is 4.20. The van der Waals surface area contributed by atoms with Crippen molar-refractivity contribution in [3.63, 3.8) is 0 Å². The molecule has 0 spiro atoms. The van der Waals surface area contributed by atoms with Gasteiger partial charge in [0.25, 0.3) is 0 Å². The SMILES string of the molecule is CCCCC(CC)C[N+](CC)(CC)CC.[Br-]. The number of halogens is 1. The second-order valence-electron chi connectivity index (χ2n) is 4.89. The van der Waals surface area contributed by atoms with Gasteiger partial charge in [-0.15, -0.1) is 0 Å². The summed E-state index contributed by atoms with van der Waals surface area (Å²) in [5.41, 5.74) is 0. The smallest absolute Gasteiger partial charge is 0.0814 e. The average Bonchev–Trinajstić information content (AvgIpc) is 2.30. The Balaban J connectivity index is 0. The van der Waals surface area contributed by atoms with E-state index in [4.69, 9.17) is 0 Å². The van der Waals surface area contributed by atoms with E-state index in [1.165, 1.54) is 56.3 Å². The normalized spacial score (nSPS) is 13.3. The third-order valence-electron chi connectivity index (χ3n) is 4.20. The van der Waals surface area contributed by atoms with E-state index in [0.717, 1.165) is 5.92 Å². The molecular formula is C14H32BrN. The summed E-state index contributed by atoms with van der Waals surface area (Å²) < 4.78 is 1.32. The second-order valence-corrected chi connectivity index (χ2v) is 4.89. The van der Waals surface area contributed by atoms with Crippen molar-refractivity contribution in [2.45, 2.75) is 60.3 Å². The highest BCUT2D eigenvalue weighted by molar-refractivity contribution is 4.57. The largest absolute Gasteiger partial charge is 1.00 e. The van der Waals surface area contributed by atoms with Gasteiger partial charge in [-0.05, 0) is 33.6 Å². The Hall–Kier alpha value is 0.440. The maximum Gasteiger partial charge on any atom is 0.0814 e. The van der Waals surface area contributed by atoms with Gasteiger partial charge in [-0.1, -0.05) is 26.7 Å². The number of unbranched alkanes of at least 4 members (excludes halogenated alkanes) is 1. The molecule has 0 N–H and O–H groups in total. The fourth-order valence-corrected chi connectivity index (χ4v) is 2.52. The van der Waals surface area contributed by atoms with Crippen molar-refractivity contribution in [1.82, 2.24) is 0 Å². The van der Waals surface area contributed by atoms with Crippen molar-refractivity contribution < 1.29 is 21.5 Å². The lowest BCUT2D eigenvalue weighted by Crippen LogP contribution is -3.00. The number of rotatable bonds is 9. The Bertz CT molecular complexity index is 135. The van der Waals surface area contributed by atoms with Gasteiger partial charge in [0.15, 0.2) is 0 Å². The molecule has 0 aromatic carbocycles. The topological polar surface area (TPSA) is 0 Å². The zero-order chi connectivity index (χ0) is 11.7. The van der Waals surface area contributed by atoms with Gasteiger partial charge in [-0.3, -0.25) is 0 Å². The molecule has 0 amide bonds. The van der Waals surface area contributed by atoms with E-state index in [1.54, 1.807) is 0 Å². The summed E-state index contributed by atoms with van der Waals surface area (Å²) >= 11 is 0. The molecule has 1 nitrogen and oxygen atoms in total. The maximum absolute atomic E-state index is 2.36. The Morgan fingerprint density at radius 1 is 0.875 bits per heavy atom. The number of quaternary nitrogens is 1. The molecule has 0 bridgehead atoms. The first-order chi connectivity index (χ1) is 7.17. The Morgan fingerprint density at radius 2 is 1.38 bits per heavy atom. The summed E-state index contributed by atoms with van der Waals surface area (Å²) in [5, 5.41) is 0. The van der Waals surface area contributed by atoms with E-state index in [9.17, 15) is 0 Å². The van der Waals surface area contributed by atoms with Crippen molar-refractivity contribution in [3.8, 4) is 0 Å². The zero-order valence-electron chi connectivity index (χ0n) is 12.1. The van der Waals surface area contributed by atoms with E-state index in [0.29, 0.717) is 0 Å². The molecule has 0 rings (SSSR count). The van der Waals surface area contributed by atoms with Crippen molar-refractivity contribution in [1.29, 1.82) is 0 Å². The zero-order valence-corrected chi connectivity index (χ0v) is 13.6. The predicted octanol–water partition coefficient (Wildman–Crippen LogP) is 1.08. The average molecular weight is 294 g/mol. The van der Waals surface area contributed by atoms with Crippen LogP contribution in [0.3, 0.4) is 0 Å². The van der Waals surface area contributed by atoms with E-state index >= 15 is 0 Å². The lowest BCUT2D eigenvalue weighted by atomic mass is 9.97. The first-order valence-electron chi connectivity index (χ1n) is 7.03. The quantitative estimate of drug-likeness (QED) is 0.558. The van der Waals surface area contributed by atoms with E-state index in [2.05, 4.69) is 34.6 Å². The third kappa shape index (κ3) is 6.24. The Morgan fingerprint density at radius 3 is 1.69 bits per heavy atom. The molecule has 0 aromatic heterocycles. The maximum atomic E-state index is 2.36. The molecular weight excluding hydrogens is 262 g/mol. The number of nitrogens with zero attached hydrogens (tertiary/aromatic N) is 1. The monoisotopic (exact) mass is 293 g/mol. The van der Waals surface area contributed by atoms with Crippen molar-refractivity contribution in [3.05, 3.63) is 0 Å². The highest BCUT2D eigenvalue weighted by Crippen LogP contribution is 2.19. The van der Waals surface area contributed by atoms with Crippen LogP contribution in [-0.2, 0) is 0 Å². The van der Waals surface area contributed by atoms with Crippen LogP contribution in [0.2, 0.25) is 0 Å². The summed E-state index contributed by atoms with van der Waals surface area (Å²) in [6.45, 7) is 17.0. The van der Waals surface area contributed by atoms with Crippen LogP contribution in [0, 0.1) is 5.92 Å². The molecule has 0 aromatic rings. The molecule has 0 heterocycles. The molecule has 0 aliphatic carbocycles. The standard InChI is InChI=1S/C14H32N.BrH/c1-6-11-12-14(7-2)13-15(8-3,9-4)10-5;/h14H,6-13H2,1-5H3;1H/q+1;/p-1. The fraction of sp³-hybridized carbons (Fsp3) is 1.00. The molecule has 0 aliphatic heterocycles. The first kappa shape index (κ1) is 18.8. The molecule has 0 fully saturated rings. The molecule has 2 heteroatoms. The summed E-state index contributed by atoms with van der Waals surface area (Å²) in [4.78, 5) is 0. The Kier molecular flexibility index (Phi) is 12.4. The van der Waals surface area contributed by atoms with Crippen LogP contribution in [0.15, 0.2) is 0 Å². The van der Waals surface area contributed by atoms with Gasteiger partial charge >= 0.3 is 0 Å². The lowest BCUT2D eigenvalue weighted by Gasteiger charge is -2.38. The first-order valence-corrected chi connectivity index (χ1v) is 7.03. The minimum absolute atomic E-state index is 0. The minimum Gasteiger partial charge on any atom is -1.00 e. The molecule has 0 radical (unpaired) electrons. The summed E-state index contributed by atoms with van der Waals surface area (Å²) in [6.07, 6.45) is 5.56. The number of hydrogen-bond acceptors (Lipinski definition) is 0. The molecule has 16 heavy (non-hydrogen) atoms. The van der Waals surface area contributed by atoms with Crippen LogP contribution >= 0.6 is 0 Å². The van der Waals surface area contributed by atoms with E-state index in [-0.39, 0.29) is 17.0 Å². The molecule has 1 unspecified atom stereocenters. The summed E-state index contributed by atoms with van der Waals surface area (Å²) in [6, 6.07) is 0. The summed E-state index contributed by atoms with van der Waals surface area (Å²) in [7, 11) is 0. The van der Waals surface area contributed by atoms with Gasteiger partial charge in [-0.25, -0.2) is 0 Å². The van der Waals surface area contributed by atoms with Crippen molar-refractivity contribution in [2.24, 2.45) is 5.92 Å². The van der Waals surface area contributed by atoms with Crippen LogP contribution in [0.1, 0.15) is 60.3 Å². The molecule has 0 saturated heterocycles. The predicted molar refractivity (Wildman–Crippen MR) is 70.1 cm³/mol. The fourth-order valence-electron chi connectivity index (χ4n) is 2.52. The van der Waals surface area contributed by atoms with Crippen LogP contribution in [0.25, 0.3) is 0 Å². The van der Waals surface area contributed by atoms with Crippen LogP contribution in [-0.4, -0.2) is 30.7 Å². The molecule has 1 atom stereocenters. The van der Waals surface area contributed by atoms with Gasteiger partial charge in [0, 0.05) is 5.92 Å². The van der Waals surface area contributed by atoms with Gasteiger partial charge < -0.3 is 21.5 Å². The van der Waals surface area contributed by atoms with Crippen LogP contribution in [0.5, 0.6) is 0 Å². The van der Waals surface area contributed by atoms with Gasteiger partial charge in [0.05, 0.1) is 26.2 Å². The molecule has 100 valence electrons. The lowest BCUT2D eigenvalue weighted by molar-refractivity contribution is -0.926. The van der Waals surface area contributed by atoms with Crippen LogP contribution < -0.4 is 17.0 Å². The highest BCUT2D eigenvalue weighted by Gasteiger charge is 2.24. The number of hydrogen-bond donors (Lipinski definition) is 0. The molecule has 0 saturated carbocycles. The Labute approximate surface area is 114 Å². The van der Waals surface area contributed by atoms with E-state index in [1.807, 2.05) is 0 Å².